The fourth-order valence-electron chi connectivity index (χ4n) is 4.69. The number of aromatic nitrogens is 3. The van der Waals surface area contributed by atoms with Gasteiger partial charge in [-0.25, -0.2) is 0 Å². The quantitative estimate of drug-likeness (QED) is 0.626. The molecule has 0 radical (unpaired) electrons. The number of aryl methyl sites for hydroxylation is 2. The fraction of sp³-hybridized carbons (Fsp3) is 0.478. The minimum atomic E-state index is 0.544. The van der Waals surface area contributed by atoms with E-state index in [1.54, 1.807) is 0 Å². The van der Waals surface area contributed by atoms with E-state index in [1.807, 2.05) is 35.1 Å². The summed E-state index contributed by atoms with van der Waals surface area (Å²) in [7, 11) is 2.19. The molecule has 0 saturated carbocycles. The van der Waals surface area contributed by atoms with E-state index in [0.29, 0.717) is 12.5 Å². The number of fused-ring (bicyclic) bond motifs is 3. The van der Waals surface area contributed by atoms with E-state index in [1.165, 1.54) is 43.5 Å². The number of piperidine rings is 1. The third-order valence-electron chi connectivity index (χ3n) is 6.20. The number of halogens is 1. The largest absolute Gasteiger partial charge is 0.477 e. The molecule has 5 rings (SSSR count). The Kier molecular flexibility index (Phi) is 5.18. The Hall–Kier alpha value is -2.11. The molecular formula is C23H27ClN4O. The third kappa shape index (κ3) is 3.74. The number of nitrogens with zero attached hydrogens (tertiary/aromatic N) is 4. The second-order valence-electron chi connectivity index (χ2n) is 8.43. The van der Waals surface area contributed by atoms with Crippen LogP contribution in [-0.4, -0.2) is 46.4 Å². The van der Waals surface area contributed by atoms with Crippen molar-refractivity contribution in [3.05, 3.63) is 46.7 Å². The molecule has 3 heterocycles. The molecule has 1 fully saturated rings. The van der Waals surface area contributed by atoms with Crippen LogP contribution in [-0.2, 0) is 12.8 Å². The standard InChI is InChI=1S/C23H27ClN4O/c1-27-12-4-5-16(14-27)15-29-23-20-13-25-21-7-3-2-6-19(21)22(20)26-28(23)18-10-8-17(24)9-11-18/h8-11,13,16H,2-7,12,14-15H2,1H3. The minimum Gasteiger partial charge on any atom is -0.477 e. The second kappa shape index (κ2) is 7.96. The van der Waals surface area contributed by atoms with Gasteiger partial charge in [-0.3, -0.25) is 4.98 Å². The number of pyridine rings is 1. The van der Waals surface area contributed by atoms with Crippen LogP contribution in [0.2, 0.25) is 5.02 Å². The van der Waals surface area contributed by atoms with Crippen LogP contribution < -0.4 is 4.74 Å². The van der Waals surface area contributed by atoms with Crippen molar-refractivity contribution in [3.63, 3.8) is 0 Å². The van der Waals surface area contributed by atoms with Crippen LogP contribution in [0.25, 0.3) is 16.6 Å². The minimum absolute atomic E-state index is 0.544. The van der Waals surface area contributed by atoms with E-state index < -0.39 is 0 Å². The summed E-state index contributed by atoms with van der Waals surface area (Å²) in [5.74, 6) is 1.35. The maximum Gasteiger partial charge on any atom is 0.226 e. The smallest absolute Gasteiger partial charge is 0.226 e. The van der Waals surface area contributed by atoms with Crippen LogP contribution in [0, 0.1) is 5.92 Å². The summed E-state index contributed by atoms with van der Waals surface area (Å²) >= 11 is 6.11. The molecule has 0 spiro atoms. The average molecular weight is 411 g/mol. The van der Waals surface area contributed by atoms with Crippen molar-refractivity contribution in [1.82, 2.24) is 19.7 Å². The summed E-state index contributed by atoms with van der Waals surface area (Å²) in [6.07, 6.45) is 8.91. The van der Waals surface area contributed by atoms with Crippen molar-refractivity contribution in [2.45, 2.75) is 38.5 Å². The molecule has 0 N–H and O–H groups in total. The predicted molar refractivity (Wildman–Crippen MR) is 116 cm³/mol. The van der Waals surface area contributed by atoms with Crippen LogP contribution in [0.5, 0.6) is 5.88 Å². The van der Waals surface area contributed by atoms with E-state index in [9.17, 15) is 0 Å². The van der Waals surface area contributed by atoms with Crippen molar-refractivity contribution < 1.29 is 4.74 Å². The first-order valence-corrected chi connectivity index (χ1v) is 11.0. The highest BCUT2D eigenvalue weighted by atomic mass is 35.5. The zero-order chi connectivity index (χ0) is 19.8. The number of rotatable bonds is 4. The van der Waals surface area contributed by atoms with Gasteiger partial charge in [-0.05, 0) is 76.4 Å². The van der Waals surface area contributed by atoms with Crippen LogP contribution in [0.1, 0.15) is 36.9 Å². The molecule has 0 bridgehead atoms. The molecule has 1 aromatic carbocycles. The van der Waals surface area contributed by atoms with Gasteiger partial charge in [0, 0.05) is 34.9 Å². The predicted octanol–water partition coefficient (Wildman–Crippen LogP) is 4.67. The molecule has 6 heteroatoms. The molecule has 152 valence electrons. The number of benzene rings is 1. The lowest BCUT2D eigenvalue weighted by molar-refractivity contribution is 0.146. The number of likely N-dealkylation sites (tertiary alicyclic amines) is 1. The first kappa shape index (κ1) is 18.9. The van der Waals surface area contributed by atoms with Gasteiger partial charge in [0.25, 0.3) is 0 Å². The SMILES string of the molecule is CN1CCCC(COc2c3cnc4c(c3nn2-c2ccc(Cl)cc2)CCCC4)C1. The van der Waals surface area contributed by atoms with E-state index in [-0.39, 0.29) is 0 Å². The van der Waals surface area contributed by atoms with E-state index in [2.05, 4.69) is 11.9 Å². The highest BCUT2D eigenvalue weighted by molar-refractivity contribution is 6.30. The van der Waals surface area contributed by atoms with Gasteiger partial charge in [-0.2, -0.15) is 9.78 Å². The molecule has 1 aliphatic heterocycles. The van der Waals surface area contributed by atoms with Gasteiger partial charge >= 0.3 is 0 Å². The Morgan fingerprint density at radius 2 is 1.97 bits per heavy atom. The Labute approximate surface area is 176 Å². The maximum atomic E-state index is 6.45. The van der Waals surface area contributed by atoms with Crippen molar-refractivity contribution in [1.29, 1.82) is 0 Å². The van der Waals surface area contributed by atoms with Crippen LogP contribution >= 0.6 is 11.6 Å². The van der Waals surface area contributed by atoms with E-state index in [4.69, 9.17) is 26.4 Å². The maximum absolute atomic E-state index is 6.45. The molecule has 2 aliphatic rings. The summed E-state index contributed by atoms with van der Waals surface area (Å²) in [5, 5.41) is 6.74. The summed E-state index contributed by atoms with van der Waals surface area (Å²) < 4.78 is 8.39. The lowest BCUT2D eigenvalue weighted by atomic mass is 9.95. The number of hydrogen-bond donors (Lipinski definition) is 0. The molecule has 1 aliphatic carbocycles. The van der Waals surface area contributed by atoms with Crippen LogP contribution in [0.15, 0.2) is 30.5 Å². The molecule has 0 amide bonds. The number of ether oxygens (including phenoxy) is 1. The Morgan fingerprint density at radius 1 is 1.14 bits per heavy atom. The van der Waals surface area contributed by atoms with Gasteiger partial charge in [-0.15, -0.1) is 0 Å². The van der Waals surface area contributed by atoms with Gasteiger partial charge in [-0.1, -0.05) is 11.6 Å². The zero-order valence-electron chi connectivity index (χ0n) is 16.9. The van der Waals surface area contributed by atoms with Gasteiger partial charge in [0.1, 0.15) is 5.52 Å². The summed E-state index contributed by atoms with van der Waals surface area (Å²) in [5.41, 5.74) is 4.50. The summed E-state index contributed by atoms with van der Waals surface area (Å²) in [4.78, 5) is 7.17. The van der Waals surface area contributed by atoms with Crippen LogP contribution in [0.4, 0.5) is 0 Å². The fourth-order valence-corrected chi connectivity index (χ4v) is 4.81. The Morgan fingerprint density at radius 3 is 2.79 bits per heavy atom. The van der Waals surface area contributed by atoms with Gasteiger partial charge in [0.15, 0.2) is 0 Å². The lowest BCUT2D eigenvalue weighted by Gasteiger charge is -2.29. The van der Waals surface area contributed by atoms with E-state index in [0.717, 1.165) is 46.9 Å². The molecular weight excluding hydrogens is 384 g/mol. The Bertz CT molecular complexity index is 1010. The number of hydrogen-bond acceptors (Lipinski definition) is 4. The average Bonchev–Trinajstić information content (AvgIpc) is 3.12. The summed E-state index contributed by atoms with van der Waals surface area (Å²) in [6.45, 7) is 2.97. The normalized spacial score (nSPS) is 20.0. The van der Waals surface area contributed by atoms with Gasteiger partial charge < -0.3 is 9.64 Å². The Balaban J connectivity index is 1.55. The van der Waals surface area contributed by atoms with Crippen molar-refractivity contribution in [3.8, 4) is 11.6 Å². The molecule has 3 aromatic rings. The highest BCUT2D eigenvalue weighted by Gasteiger charge is 2.24. The molecule has 2 aromatic heterocycles. The second-order valence-corrected chi connectivity index (χ2v) is 8.86. The highest BCUT2D eigenvalue weighted by Crippen LogP contribution is 2.34. The first-order valence-electron chi connectivity index (χ1n) is 10.7. The van der Waals surface area contributed by atoms with Crippen molar-refractivity contribution >= 4 is 22.5 Å². The van der Waals surface area contributed by atoms with Crippen molar-refractivity contribution in [2.24, 2.45) is 5.92 Å². The molecule has 1 atom stereocenters. The molecule has 5 nitrogen and oxygen atoms in total. The monoisotopic (exact) mass is 410 g/mol. The lowest BCUT2D eigenvalue weighted by Crippen LogP contribution is -2.34. The van der Waals surface area contributed by atoms with Crippen molar-refractivity contribution in [2.75, 3.05) is 26.7 Å². The van der Waals surface area contributed by atoms with E-state index >= 15 is 0 Å². The first-order chi connectivity index (χ1) is 14.2. The topological polar surface area (TPSA) is 43.2 Å². The van der Waals surface area contributed by atoms with Crippen LogP contribution in [0.3, 0.4) is 0 Å². The molecule has 1 saturated heterocycles. The zero-order valence-corrected chi connectivity index (χ0v) is 17.7. The van der Waals surface area contributed by atoms with Gasteiger partial charge in [0.05, 0.1) is 17.7 Å². The summed E-state index contributed by atoms with van der Waals surface area (Å²) in [6, 6.07) is 7.79. The molecule has 1 unspecified atom stereocenters. The third-order valence-corrected chi connectivity index (χ3v) is 6.45. The molecule has 29 heavy (non-hydrogen) atoms. The van der Waals surface area contributed by atoms with Gasteiger partial charge in [0.2, 0.25) is 5.88 Å².